The van der Waals surface area contributed by atoms with Crippen molar-refractivity contribution in [1.29, 1.82) is 0 Å². The quantitative estimate of drug-likeness (QED) is 0.760. The van der Waals surface area contributed by atoms with E-state index in [1.807, 2.05) is 13.8 Å². The first-order valence-corrected chi connectivity index (χ1v) is 5.36. The standard InChI is InChI=1S/C10H13FIN/c1-4-10(2,3)9-7(11)5-13-6-8(9)12/h5-6H,4H2,1-3H3. The van der Waals surface area contributed by atoms with Crippen LogP contribution in [-0.2, 0) is 5.41 Å². The molecule has 1 heterocycles. The molecule has 0 amide bonds. The third-order valence-electron chi connectivity index (χ3n) is 2.41. The van der Waals surface area contributed by atoms with Crippen molar-refractivity contribution in [3.8, 4) is 0 Å². The van der Waals surface area contributed by atoms with Crippen LogP contribution in [-0.4, -0.2) is 4.98 Å². The molecule has 3 heteroatoms. The smallest absolute Gasteiger partial charge is 0.146 e. The minimum Gasteiger partial charge on any atom is -0.261 e. The molecule has 0 fully saturated rings. The third-order valence-corrected chi connectivity index (χ3v) is 3.23. The van der Waals surface area contributed by atoms with Gasteiger partial charge < -0.3 is 0 Å². The highest BCUT2D eigenvalue weighted by molar-refractivity contribution is 14.1. The van der Waals surface area contributed by atoms with Crippen LogP contribution in [0.1, 0.15) is 32.8 Å². The molecule has 0 unspecified atom stereocenters. The van der Waals surface area contributed by atoms with E-state index in [-0.39, 0.29) is 11.2 Å². The summed E-state index contributed by atoms with van der Waals surface area (Å²) in [5.41, 5.74) is 0.675. The van der Waals surface area contributed by atoms with Gasteiger partial charge in [-0.1, -0.05) is 20.8 Å². The Hall–Kier alpha value is -0.190. The summed E-state index contributed by atoms with van der Waals surface area (Å²) in [6, 6.07) is 0. The van der Waals surface area contributed by atoms with E-state index >= 15 is 0 Å². The molecular weight excluding hydrogens is 280 g/mol. The predicted octanol–water partition coefficient (Wildman–Crippen LogP) is 3.51. The van der Waals surface area contributed by atoms with Gasteiger partial charge in [-0.25, -0.2) is 4.39 Å². The summed E-state index contributed by atoms with van der Waals surface area (Å²) in [5.74, 6) is -0.196. The molecule has 0 aliphatic rings. The minimum absolute atomic E-state index is 0.108. The average molecular weight is 293 g/mol. The number of pyridine rings is 1. The summed E-state index contributed by atoms with van der Waals surface area (Å²) in [4.78, 5) is 3.81. The average Bonchev–Trinajstić information content (AvgIpc) is 2.03. The van der Waals surface area contributed by atoms with Crippen molar-refractivity contribution in [3.05, 3.63) is 27.3 Å². The molecule has 0 radical (unpaired) electrons. The summed E-state index contributed by atoms with van der Waals surface area (Å²) in [5, 5.41) is 0. The van der Waals surface area contributed by atoms with E-state index in [0.29, 0.717) is 0 Å². The number of hydrogen-bond donors (Lipinski definition) is 0. The van der Waals surface area contributed by atoms with Gasteiger partial charge in [0, 0.05) is 15.3 Å². The maximum absolute atomic E-state index is 13.5. The van der Waals surface area contributed by atoms with E-state index < -0.39 is 0 Å². The molecule has 13 heavy (non-hydrogen) atoms. The Bertz CT molecular complexity index is 290. The zero-order valence-electron chi connectivity index (χ0n) is 8.06. The van der Waals surface area contributed by atoms with Crippen LogP contribution in [0.3, 0.4) is 0 Å². The largest absolute Gasteiger partial charge is 0.261 e. The van der Waals surface area contributed by atoms with Gasteiger partial charge in [-0.3, -0.25) is 4.98 Å². The summed E-state index contributed by atoms with van der Waals surface area (Å²) >= 11 is 2.13. The molecule has 0 aliphatic heterocycles. The molecule has 0 saturated carbocycles. The summed E-state index contributed by atoms with van der Waals surface area (Å²) in [7, 11) is 0. The van der Waals surface area contributed by atoms with E-state index in [2.05, 4.69) is 34.5 Å². The summed E-state index contributed by atoms with van der Waals surface area (Å²) in [6.45, 7) is 6.16. The summed E-state index contributed by atoms with van der Waals surface area (Å²) in [6.07, 6.45) is 3.91. The lowest BCUT2D eigenvalue weighted by Gasteiger charge is -2.24. The Morgan fingerprint density at radius 2 is 2.08 bits per heavy atom. The number of halogens is 2. The number of rotatable bonds is 2. The summed E-state index contributed by atoms with van der Waals surface area (Å²) < 4.78 is 14.4. The van der Waals surface area contributed by atoms with E-state index in [1.165, 1.54) is 6.20 Å². The fourth-order valence-electron chi connectivity index (χ4n) is 1.23. The van der Waals surface area contributed by atoms with Crippen molar-refractivity contribution >= 4 is 22.6 Å². The fraction of sp³-hybridized carbons (Fsp3) is 0.500. The van der Waals surface area contributed by atoms with Gasteiger partial charge in [-0.15, -0.1) is 0 Å². The van der Waals surface area contributed by atoms with Gasteiger partial charge in [0.2, 0.25) is 0 Å². The first kappa shape index (κ1) is 10.9. The van der Waals surface area contributed by atoms with Crippen molar-refractivity contribution < 1.29 is 4.39 Å². The zero-order chi connectivity index (χ0) is 10.1. The van der Waals surface area contributed by atoms with Crippen molar-refractivity contribution in [2.75, 3.05) is 0 Å². The molecule has 0 saturated heterocycles. The predicted molar refractivity (Wildman–Crippen MR) is 60.2 cm³/mol. The molecule has 0 atom stereocenters. The van der Waals surface area contributed by atoms with Gasteiger partial charge in [0.15, 0.2) is 0 Å². The second-order valence-corrected chi connectivity index (χ2v) is 4.88. The first-order valence-electron chi connectivity index (χ1n) is 4.28. The number of aromatic nitrogens is 1. The van der Waals surface area contributed by atoms with Crippen LogP contribution in [0.4, 0.5) is 4.39 Å². The van der Waals surface area contributed by atoms with Crippen molar-refractivity contribution in [1.82, 2.24) is 4.98 Å². The van der Waals surface area contributed by atoms with E-state index in [1.54, 1.807) is 6.20 Å². The van der Waals surface area contributed by atoms with Crippen LogP contribution in [0.15, 0.2) is 12.4 Å². The van der Waals surface area contributed by atoms with Crippen LogP contribution in [0, 0.1) is 9.39 Å². The third kappa shape index (κ3) is 2.18. The lowest BCUT2D eigenvalue weighted by Crippen LogP contribution is -2.19. The Balaban J connectivity index is 3.28. The van der Waals surface area contributed by atoms with Gasteiger partial charge in [0.05, 0.1) is 6.20 Å². The Morgan fingerprint density at radius 3 is 2.54 bits per heavy atom. The van der Waals surface area contributed by atoms with Crippen LogP contribution >= 0.6 is 22.6 Å². The highest BCUT2D eigenvalue weighted by Gasteiger charge is 2.24. The van der Waals surface area contributed by atoms with E-state index in [0.717, 1.165) is 15.6 Å². The van der Waals surface area contributed by atoms with Gasteiger partial charge in [-0.2, -0.15) is 0 Å². The van der Waals surface area contributed by atoms with Crippen LogP contribution in [0.2, 0.25) is 0 Å². The van der Waals surface area contributed by atoms with Gasteiger partial charge in [0.1, 0.15) is 5.82 Å². The van der Waals surface area contributed by atoms with Gasteiger partial charge >= 0.3 is 0 Å². The Kier molecular flexibility index (Phi) is 3.27. The van der Waals surface area contributed by atoms with Crippen molar-refractivity contribution in [2.45, 2.75) is 32.6 Å². The highest BCUT2D eigenvalue weighted by Crippen LogP contribution is 2.31. The van der Waals surface area contributed by atoms with Crippen LogP contribution < -0.4 is 0 Å². The molecule has 1 aromatic heterocycles. The Labute approximate surface area is 91.9 Å². The zero-order valence-corrected chi connectivity index (χ0v) is 10.2. The fourth-order valence-corrected chi connectivity index (χ4v) is 2.38. The maximum Gasteiger partial charge on any atom is 0.146 e. The van der Waals surface area contributed by atoms with Crippen LogP contribution in [0.5, 0.6) is 0 Å². The molecular formula is C10H13FIN. The molecule has 0 aliphatic carbocycles. The van der Waals surface area contributed by atoms with E-state index in [4.69, 9.17) is 0 Å². The molecule has 1 rings (SSSR count). The molecule has 1 nitrogen and oxygen atoms in total. The molecule has 0 N–H and O–H groups in total. The molecule has 72 valence electrons. The second-order valence-electron chi connectivity index (χ2n) is 3.72. The van der Waals surface area contributed by atoms with Gasteiger partial charge in [-0.05, 0) is 34.4 Å². The molecule has 0 spiro atoms. The lowest BCUT2D eigenvalue weighted by molar-refractivity contribution is 0.464. The van der Waals surface area contributed by atoms with Gasteiger partial charge in [0.25, 0.3) is 0 Å². The van der Waals surface area contributed by atoms with Crippen molar-refractivity contribution in [3.63, 3.8) is 0 Å². The minimum atomic E-state index is -0.196. The molecule has 0 bridgehead atoms. The van der Waals surface area contributed by atoms with Crippen LogP contribution in [0.25, 0.3) is 0 Å². The maximum atomic E-state index is 13.5. The normalized spacial score (nSPS) is 11.8. The van der Waals surface area contributed by atoms with Crippen molar-refractivity contribution in [2.24, 2.45) is 0 Å². The monoisotopic (exact) mass is 293 g/mol. The second kappa shape index (κ2) is 3.90. The molecule has 0 aromatic carbocycles. The van der Waals surface area contributed by atoms with E-state index in [9.17, 15) is 4.39 Å². The highest BCUT2D eigenvalue weighted by atomic mass is 127. The first-order chi connectivity index (χ1) is 5.99. The number of hydrogen-bond acceptors (Lipinski definition) is 1. The topological polar surface area (TPSA) is 12.9 Å². The molecule has 1 aromatic rings. The SMILES string of the molecule is CCC(C)(C)c1c(F)cncc1I. The lowest BCUT2D eigenvalue weighted by atomic mass is 9.82. The Morgan fingerprint density at radius 1 is 1.46 bits per heavy atom. The number of nitrogens with zero attached hydrogens (tertiary/aromatic N) is 1.